The maximum atomic E-state index is 10.9. The third kappa shape index (κ3) is 9.00. The lowest BCUT2D eigenvalue weighted by Crippen LogP contribution is -2.16. The van der Waals surface area contributed by atoms with E-state index in [-0.39, 0.29) is 5.75 Å². The highest BCUT2D eigenvalue weighted by molar-refractivity contribution is 8.24. The van der Waals surface area contributed by atoms with Crippen LogP contribution in [0.25, 0.3) is 0 Å². The quantitative estimate of drug-likeness (QED) is 0.488. The van der Waals surface area contributed by atoms with E-state index in [1.807, 2.05) is 0 Å². The van der Waals surface area contributed by atoms with E-state index in [0.29, 0.717) is 5.75 Å². The Morgan fingerprint density at radius 1 is 1.12 bits per heavy atom. The van der Waals surface area contributed by atoms with E-state index < -0.39 is 16.6 Å². The molecular weight excluding hydrogens is 228 g/mol. The molecule has 0 heterocycles. The van der Waals surface area contributed by atoms with Crippen LogP contribution < -0.4 is 0 Å². The molecular formula is C11H24O4S. The smallest absolute Gasteiger partial charge is 0.324 e. The lowest BCUT2D eigenvalue weighted by atomic mass is 10.1. The standard InChI is InChI=1S/C11H24O4S/c1-3-4-5-6-7-8-9-16(13,14)10-11(12)15-2/h13-14H,3-10H2,1-2H3. The Hall–Kier alpha value is -0.260. The third-order valence-electron chi connectivity index (χ3n) is 2.40. The van der Waals surface area contributed by atoms with Gasteiger partial charge in [0, 0.05) is 5.75 Å². The highest BCUT2D eigenvalue weighted by Gasteiger charge is 2.17. The van der Waals surface area contributed by atoms with Crippen molar-refractivity contribution in [1.82, 2.24) is 0 Å². The second-order valence-electron chi connectivity index (χ2n) is 3.99. The lowest BCUT2D eigenvalue weighted by molar-refractivity contribution is -0.137. The van der Waals surface area contributed by atoms with E-state index >= 15 is 0 Å². The van der Waals surface area contributed by atoms with Gasteiger partial charge in [0.2, 0.25) is 0 Å². The van der Waals surface area contributed by atoms with Gasteiger partial charge in [0.1, 0.15) is 5.75 Å². The van der Waals surface area contributed by atoms with Crippen LogP contribution in [0, 0.1) is 0 Å². The van der Waals surface area contributed by atoms with Gasteiger partial charge in [-0.2, -0.15) is 10.6 Å². The van der Waals surface area contributed by atoms with Crippen molar-refractivity contribution >= 4 is 16.6 Å². The second-order valence-corrected chi connectivity index (χ2v) is 6.30. The molecule has 0 saturated heterocycles. The Kier molecular flexibility index (Phi) is 8.70. The Bertz CT molecular complexity index is 194. The fraction of sp³-hybridized carbons (Fsp3) is 0.909. The van der Waals surface area contributed by atoms with E-state index in [1.54, 1.807) is 0 Å². The summed E-state index contributed by atoms with van der Waals surface area (Å²) in [6.45, 7) is 2.16. The van der Waals surface area contributed by atoms with Crippen LogP contribution in [0.3, 0.4) is 0 Å². The second kappa shape index (κ2) is 8.84. The molecule has 0 atom stereocenters. The molecule has 4 nitrogen and oxygen atoms in total. The van der Waals surface area contributed by atoms with Gasteiger partial charge >= 0.3 is 5.97 Å². The summed E-state index contributed by atoms with van der Waals surface area (Å²) in [5.74, 6) is -0.502. The highest BCUT2D eigenvalue weighted by atomic mass is 32.3. The summed E-state index contributed by atoms with van der Waals surface area (Å²) in [5.41, 5.74) is 0. The van der Waals surface area contributed by atoms with Gasteiger partial charge in [0.05, 0.1) is 7.11 Å². The normalized spacial score (nSPS) is 12.5. The molecule has 0 saturated carbocycles. The van der Waals surface area contributed by atoms with Crippen molar-refractivity contribution in [2.24, 2.45) is 0 Å². The molecule has 98 valence electrons. The molecule has 0 bridgehead atoms. The molecule has 0 aromatic carbocycles. The van der Waals surface area contributed by atoms with Gasteiger partial charge in [-0.3, -0.25) is 13.9 Å². The number of hydrogen-bond donors (Lipinski definition) is 2. The number of carbonyl (C=O) groups is 1. The van der Waals surface area contributed by atoms with Crippen LogP contribution in [-0.4, -0.2) is 33.7 Å². The molecule has 2 N–H and O–H groups in total. The van der Waals surface area contributed by atoms with E-state index in [2.05, 4.69) is 11.7 Å². The molecule has 16 heavy (non-hydrogen) atoms. The Morgan fingerprint density at radius 3 is 2.25 bits per heavy atom. The summed E-state index contributed by atoms with van der Waals surface area (Å²) in [6, 6.07) is 0. The highest BCUT2D eigenvalue weighted by Crippen LogP contribution is 2.39. The maximum Gasteiger partial charge on any atom is 0.324 e. The molecule has 0 aliphatic carbocycles. The van der Waals surface area contributed by atoms with Crippen LogP contribution >= 0.6 is 10.6 Å². The van der Waals surface area contributed by atoms with E-state index in [9.17, 15) is 13.9 Å². The first-order chi connectivity index (χ1) is 7.52. The average molecular weight is 252 g/mol. The largest absolute Gasteiger partial charge is 0.468 e. The molecule has 0 spiro atoms. The minimum atomic E-state index is -2.76. The number of methoxy groups -OCH3 is 1. The Balaban J connectivity index is 3.54. The minimum Gasteiger partial charge on any atom is -0.468 e. The van der Waals surface area contributed by atoms with Crippen LogP contribution in [-0.2, 0) is 9.53 Å². The van der Waals surface area contributed by atoms with Gasteiger partial charge in [-0.15, -0.1) is 0 Å². The number of carbonyl (C=O) groups excluding carboxylic acids is 1. The Morgan fingerprint density at radius 2 is 1.69 bits per heavy atom. The average Bonchev–Trinajstić information content (AvgIpc) is 2.22. The van der Waals surface area contributed by atoms with Gasteiger partial charge in [-0.1, -0.05) is 39.0 Å². The summed E-state index contributed by atoms with van der Waals surface area (Å²) >= 11 is 0. The van der Waals surface area contributed by atoms with Crippen molar-refractivity contribution in [2.75, 3.05) is 18.6 Å². The Labute approximate surface area is 99.7 Å². The summed E-state index contributed by atoms with van der Waals surface area (Å²) < 4.78 is 23.5. The van der Waals surface area contributed by atoms with Crippen molar-refractivity contribution in [3.05, 3.63) is 0 Å². The number of unbranched alkanes of at least 4 members (excludes halogenated alkanes) is 5. The molecule has 0 unspecified atom stereocenters. The molecule has 0 aliphatic heterocycles. The first-order valence-electron chi connectivity index (χ1n) is 5.82. The molecule has 5 heteroatoms. The van der Waals surface area contributed by atoms with Gasteiger partial charge in [-0.05, 0) is 6.42 Å². The maximum absolute atomic E-state index is 10.9. The van der Waals surface area contributed by atoms with Crippen molar-refractivity contribution in [2.45, 2.75) is 45.4 Å². The third-order valence-corrected chi connectivity index (χ3v) is 4.04. The number of ether oxygens (including phenoxy) is 1. The SMILES string of the molecule is CCCCCCCCS(O)(O)CC(=O)OC. The number of esters is 1. The zero-order chi connectivity index (χ0) is 12.4. The van der Waals surface area contributed by atoms with Crippen molar-refractivity contribution in [3.63, 3.8) is 0 Å². The predicted octanol–water partition coefficient (Wildman–Crippen LogP) is 3.27. The first-order valence-corrected chi connectivity index (χ1v) is 7.70. The number of hydrogen-bond acceptors (Lipinski definition) is 4. The lowest BCUT2D eigenvalue weighted by Gasteiger charge is -2.30. The summed E-state index contributed by atoms with van der Waals surface area (Å²) in [7, 11) is -1.51. The molecule has 0 aliphatic rings. The monoisotopic (exact) mass is 252 g/mol. The fourth-order valence-corrected chi connectivity index (χ4v) is 2.74. The predicted molar refractivity (Wildman–Crippen MR) is 68.0 cm³/mol. The van der Waals surface area contributed by atoms with Crippen LogP contribution in [0.2, 0.25) is 0 Å². The van der Waals surface area contributed by atoms with E-state index in [0.717, 1.165) is 19.3 Å². The summed E-state index contributed by atoms with van der Waals surface area (Å²) in [6.07, 6.45) is 6.53. The zero-order valence-corrected chi connectivity index (χ0v) is 11.1. The van der Waals surface area contributed by atoms with Gasteiger partial charge in [0.15, 0.2) is 0 Å². The van der Waals surface area contributed by atoms with E-state index in [4.69, 9.17) is 0 Å². The van der Waals surface area contributed by atoms with Crippen molar-refractivity contribution in [3.8, 4) is 0 Å². The molecule has 0 aromatic heterocycles. The summed E-state index contributed by atoms with van der Waals surface area (Å²) in [5, 5.41) is 0. The van der Waals surface area contributed by atoms with Crippen LogP contribution in [0.5, 0.6) is 0 Å². The van der Waals surface area contributed by atoms with Gasteiger partial charge in [0.25, 0.3) is 0 Å². The van der Waals surface area contributed by atoms with Gasteiger partial charge < -0.3 is 4.74 Å². The van der Waals surface area contributed by atoms with Gasteiger partial charge in [-0.25, -0.2) is 0 Å². The summed E-state index contributed by atoms with van der Waals surface area (Å²) in [4.78, 5) is 10.9. The molecule has 0 fully saturated rings. The van der Waals surface area contributed by atoms with Crippen LogP contribution in [0.4, 0.5) is 0 Å². The first kappa shape index (κ1) is 15.7. The molecule has 0 rings (SSSR count). The molecule has 0 aromatic rings. The van der Waals surface area contributed by atoms with Crippen LogP contribution in [0.1, 0.15) is 45.4 Å². The number of rotatable bonds is 9. The molecule has 0 radical (unpaired) electrons. The topological polar surface area (TPSA) is 66.8 Å². The fourth-order valence-electron chi connectivity index (χ4n) is 1.43. The van der Waals surface area contributed by atoms with E-state index in [1.165, 1.54) is 26.4 Å². The molecule has 0 amide bonds. The van der Waals surface area contributed by atoms with Crippen LogP contribution in [0.15, 0.2) is 0 Å². The van der Waals surface area contributed by atoms with Crippen molar-refractivity contribution < 1.29 is 18.6 Å². The minimum absolute atomic E-state index is 0.265. The van der Waals surface area contributed by atoms with Crippen molar-refractivity contribution in [1.29, 1.82) is 0 Å². The zero-order valence-electron chi connectivity index (χ0n) is 10.3.